The van der Waals surface area contributed by atoms with Crippen LogP contribution in [0.25, 0.3) is 0 Å². The van der Waals surface area contributed by atoms with Crippen molar-refractivity contribution in [1.29, 1.82) is 0 Å². The number of carbonyl (C=O) groups is 2. The maximum absolute atomic E-state index is 12.8. The molecule has 32 heavy (non-hydrogen) atoms. The quantitative estimate of drug-likeness (QED) is 0.533. The zero-order valence-corrected chi connectivity index (χ0v) is 18.6. The van der Waals surface area contributed by atoms with Crippen LogP contribution >= 0.6 is 11.6 Å². The van der Waals surface area contributed by atoms with Gasteiger partial charge in [-0.15, -0.1) is 0 Å². The highest BCUT2D eigenvalue weighted by atomic mass is 35.5. The largest absolute Gasteiger partial charge is 0.351 e. The van der Waals surface area contributed by atoms with E-state index in [9.17, 15) is 18.0 Å². The number of hydrogen-bond donors (Lipinski definition) is 2. The molecule has 0 unspecified atom stereocenters. The number of para-hydroxylation sites is 1. The number of hydrogen-bond acceptors (Lipinski definition) is 5. The molecule has 1 aliphatic carbocycles. The van der Waals surface area contributed by atoms with Gasteiger partial charge >= 0.3 is 0 Å². The molecule has 2 N–H and O–H groups in total. The third-order valence-corrected chi connectivity index (χ3v) is 6.88. The molecule has 0 saturated carbocycles. The van der Waals surface area contributed by atoms with Gasteiger partial charge in [-0.3, -0.25) is 14.3 Å². The van der Waals surface area contributed by atoms with Gasteiger partial charge in [-0.25, -0.2) is 8.42 Å². The Morgan fingerprint density at radius 2 is 1.41 bits per heavy atom. The van der Waals surface area contributed by atoms with Crippen molar-refractivity contribution in [3.63, 3.8) is 0 Å². The molecular formula is C24H19ClN2O4S. The lowest BCUT2D eigenvalue weighted by Crippen LogP contribution is -2.24. The molecule has 8 heteroatoms. The summed E-state index contributed by atoms with van der Waals surface area (Å²) in [5.41, 5.74) is 2.32. The topological polar surface area (TPSA) is 92.3 Å². The fraction of sp³-hybridized carbons (Fsp3) is 0.0833. The molecule has 0 amide bonds. The highest BCUT2D eigenvalue weighted by Crippen LogP contribution is 2.30. The Kier molecular flexibility index (Phi) is 5.86. The van der Waals surface area contributed by atoms with Crippen molar-refractivity contribution in [3.05, 3.63) is 100 Å². The van der Waals surface area contributed by atoms with Gasteiger partial charge in [0.05, 0.1) is 10.6 Å². The lowest BCUT2D eigenvalue weighted by molar-refractivity contribution is 0.0982. The Morgan fingerprint density at radius 1 is 0.812 bits per heavy atom. The van der Waals surface area contributed by atoms with Gasteiger partial charge in [0.15, 0.2) is 0 Å². The van der Waals surface area contributed by atoms with E-state index in [1.165, 1.54) is 24.3 Å². The number of anilines is 2. The standard InChI is InChI=1S/C24H19ClN2O4S/c1-2-15-7-3-6-10-20(15)27-32(30,31)17-13-11-16(12-14-17)26-22-21(25)23(28)18-8-4-5-9-19(18)24(22)29/h3-14,26-27H,2H2,1H3. The maximum atomic E-state index is 12.8. The lowest BCUT2D eigenvalue weighted by Gasteiger charge is -2.19. The van der Waals surface area contributed by atoms with Crippen LogP contribution in [0.2, 0.25) is 0 Å². The number of aryl methyl sites for hydroxylation is 1. The Labute approximate surface area is 191 Å². The molecule has 0 atom stereocenters. The predicted octanol–water partition coefficient (Wildman–Crippen LogP) is 4.99. The van der Waals surface area contributed by atoms with Crippen LogP contribution in [0.5, 0.6) is 0 Å². The summed E-state index contributed by atoms with van der Waals surface area (Å²) in [7, 11) is -3.80. The molecule has 4 rings (SSSR count). The molecule has 0 fully saturated rings. The van der Waals surface area contributed by atoms with Crippen molar-refractivity contribution < 1.29 is 18.0 Å². The number of halogens is 1. The highest BCUT2D eigenvalue weighted by molar-refractivity contribution is 7.92. The molecule has 3 aromatic carbocycles. The number of carbonyl (C=O) groups excluding carboxylic acids is 2. The van der Waals surface area contributed by atoms with Crippen molar-refractivity contribution in [2.45, 2.75) is 18.2 Å². The van der Waals surface area contributed by atoms with E-state index in [0.717, 1.165) is 5.56 Å². The van der Waals surface area contributed by atoms with E-state index in [1.54, 1.807) is 36.4 Å². The number of nitrogens with one attached hydrogen (secondary N) is 2. The molecular weight excluding hydrogens is 448 g/mol. The van der Waals surface area contributed by atoms with Gasteiger partial charge in [0.2, 0.25) is 11.6 Å². The third-order valence-electron chi connectivity index (χ3n) is 5.14. The summed E-state index contributed by atoms with van der Waals surface area (Å²) in [6.07, 6.45) is 0.688. The average Bonchev–Trinajstić information content (AvgIpc) is 2.81. The first-order valence-electron chi connectivity index (χ1n) is 9.88. The first-order chi connectivity index (χ1) is 15.3. The van der Waals surface area contributed by atoms with Crippen molar-refractivity contribution in [2.75, 3.05) is 10.0 Å². The molecule has 162 valence electrons. The average molecular weight is 467 g/mol. The first-order valence-corrected chi connectivity index (χ1v) is 11.7. The smallest absolute Gasteiger partial charge is 0.261 e. The van der Waals surface area contributed by atoms with Crippen LogP contribution in [0.15, 0.2) is 88.4 Å². The van der Waals surface area contributed by atoms with E-state index in [0.29, 0.717) is 17.8 Å². The number of sulfonamides is 1. The van der Waals surface area contributed by atoms with Crippen LogP contribution in [-0.4, -0.2) is 20.0 Å². The zero-order chi connectivity index (χ0) is 22.9. The Morgan fingerprint density at radius 3 is 2.06 bits per heavy atom. The molecule has 3 aromatic rings. The summed E-state index contributed by atoms with van der Waals surface area (Å²) in [5, 5.41) is 2.66. The molecule has 0 saturated heterocycles. The fourth-order valence-electron chi connectivity index (χ4n) is 3.45. The number of rotatable bonds is 6. The first kappa shape index (κ1) is 21.8. The Hall–Kier alpha value is -3.42. The minimum atomic E-state index is -3.80. The Balaban J connectivity index is 1.57. The molecule has 0 heterocycles. The number of fused-ring (bicyclic) bond motifs is 1. The van der Waals surface area contributed by atoms with Crippen molar-refractivity contribution in [3.8, 4) is 0 Å². The molecule has 6 nitrogen and oxygen atoms in total. The summed E-state index contributed by atoms with van der Waals surface area (Å²) in [6, 6.07) is 19.5. The van der Waals surface area contributed by atoms with Crippen LogP contribution < -0.4 is 10.0 Å². The second-order valence-electron chi connectivity index (χ2n) is 7.16. The Bertz CT molecular complexity index is 1360. The van der Waals surface area contributed by atoms with Crippen molar-refractivity contribution in [1.82, 2.24) is 0 Å². The second kappa shape index (κ2) is 8.61. The van der Waals surface area contributed by atoms with Crippen LogP contribution in [0, 0.1) is 0 Å². The number of ketones is 2. The van der Waals surface area contributed by atoms with Gasteiger partial charge in [0.1, 0.15) is 10.7 Å². The van der Waals surface area contributed by atoms with E-state index in [4.69, 9.17) is 11.6 Å². The summed E-state index contributed by atoms with van der Waals surface area (Å²) >= 11 is 6.17. The minimum Gasteiger partial charge on any atom is -0.351 e. The normalized spacial score (nSPS) is 13.7. The van der Waals surface area contributed by atoms with Crippen LogP contribution in [0.1, 0.15) is 33.2 Å². The van der Waals surface area contributed by atoms with Crippen LogP contribution in [0.3, 0.4) is 0 Å². The predicted molar refractivity (Wildman–Crippen MR) is 125 cm³/mol. The third kappa shape index (κ3) is 4.04. The SMILES string of the molecule is CCc1ccccc1NS(=O)(=O)c1ccc(NC2=C(Cl)C(=O)c3ccccc3C2=O)cc1. The molecule has 0 radical (unpaired) electrons. The summed E-state index contributed by atoms with van der Waals surface area (Å²) in [4.78, 5) is 25.4. The highest BCUT2D eigenvalue weighted by Gasteiger charge is 2.31. The van der Waals surface area contributed by atoms with Crippen LogP contribution in [0.4, 0.5) is 11.4 Å². The number of Topliss-reactive ketones (excluding diaryl/α,β-unsaturated/α-hetero) is 2. The number of allylic oxidation sites excluding steroid dienone is 2. The van der Waals surface area contributed by atoms with E-state index >= 15 is 0 Å². The monoisotopic (exact) mass is 466 g/mol. The summed E-state index contributed by atoms with van der Waals surface area (Å²) in [5.74, 6) is -0.845. The van der Waals surface area contributed by atoms with Gasteiger partial charge in [0.25, 0.3) is 10.0 Å². The van der Waals surface area contributed by atoms with Gasteiger partial charge in [-0.2, -0.15) is 0 Å². The van der Waals surface area contributed by atoms with Gasteiger partial charge in [-0.1, -0.05) is 61.0 Å². The van der Waals surface area contributed by atoms with Gasteiger partial charge in [0, 0.05) is 16.8 Å². The molecule has 0 aromatic heterocycles. The second-order valence-corrected chi connectivity index (χ2v) is 9.22. The molecule has 1 aliphatic rings. The fourth-order valence-corrected chi connectivity index (χ4v) is 4.79. The van der Waals surface area contributed by atoms with E-state index in [2.05, 4.69) is 10.0 Å². The number of benzene rings is 3. The van der Waals surface area contributed by atoms with Crippen molar-refractivity contribution >= 4 is 44.6 Å². The molecule has 0 bridgehead atoms. The molecule has 0 spiro atoms. The lowest BCUT2D eigenvalue weighted by atomic mass is 9.92. The van der Waals surface area contributed by atoms with E-state index < -0.39 is 21.6 Å². The summed E-state index contributed by atoms with van der Waals surface area (Å²) in [6.45, 7) is 1.95. The van der Waals surface area contributed by atoms with E-state index in [-0.39, 0.29) is 26.8 Å². The maximum Gasteiger partial charge on any atom is 0.261 e. The van der Waals surface area contributed by atoms with Crippen molar-refractivity contribution in [2.24, 2.45) is 0 Å². The molecule has 0 aliphatic heterocycles. The zero-order valence-electron chi connectivity index (χ0n) is 17.1. The van der Waals surface area contributed by atoms with Gasteiger partial charge in [-0.05, 0) is 42.3 Å². The summed E-state index contributed by atoms with van der Waals surface area (Å²) < 4.78 is 28.2. The van der Waals surface area contributed by atoms with Crippen LogP contribution in [-0.2, 0) is 16.4 Å². The van der Waals surface area contributed by atoms with E-state index in [1.807, 2.05) is 19.1 Å². The minimum absolute atomic E-state index is 0.0408. The van der Waals surface area contributed by atoms with Gasteiger partial charge < -0.3 is 5.32 Å².